The van der Waals surface area contributed by atoms with E-state index in [9.17, 15) is 0 Å². The Balaban J connectivity index is 1.37. The molecule has 1 unspecified atom stereocenters. The van der Waals surface area contributed by atoms with Crippen molar-refractivity contribution in [3.63, 3.8) is 0 Å². The Morgan fingerprint density at radius 2 is 1.74 bits per heavy atom. The number of aliphatic imine (C=N–C) groups is 2. The fourth-order valence-corrected chi connectivity index (χ4v) is 7.46. The molecule has 0 fully saturated rings. The first-order chi connectivity index (χ1) is 11.4. The number of para-hydroxylation sites is 1. The zero-order valence-corrected chi connectivity index (χ0v) is 14.5. The van der Waals surface area contributed by atoms with Crippen molar-refractivity contribution in [1.29, 1.82) is 0 Å². The first-order valence-corrected chi connectivity index (χ1v) is 11.0. The van der Waals surface area contributed by atoms with Crippen molar-refractivity contribution in [3.05, 3.63) is 66.2 Å². The van der Waals surface area contributed by atoms with E-state index in [-0.39, 0.29) is 8.55 Å². The smallest absolute Gasteiger partial charge is 0.181 e. The van der Waals surface area contributed by atoms with Gasteiger partial charge >= 0.3 is 0 Å². The summed E-state index contributed by atoms with van der Waals surface area (Å²) >= 11 is 0. The molecule has 0 radical (unpaired) electrons. The lowest BCUT2D eigenvalue weighted by molar-refractivity contribution is 1.06. The van der Waals surface area contributed by atoms with E-state index in [0.717, 1.165) is 21.1 Å². The van der Waals surface area contributed by atoms with Gasteiger partial charge in [0.25, 0.3) is 0 Å². The third-order valence-electron chi connectivity index (χ3n) is 3.16. The van der Waals surface area contributed by atoms with Crippen LogP contribution >= 0.6 is 30.1 Å². The number of nitrogens with zero attached hydrogens (tertiary/aromatic N) is 2. The second kappa shape index (κ2) is 6.82. The Labute approximate surface area is 144 Å². The molecule has 1 atom stereocenters. The van der Waals surface area contributed by atoms with Crippen LogP contribution in [0.4, 0.5) is 5.69 Å². The molecule has 7 heteroatoms. The molecule has 2 aromatic rings. The van der Waals surface area contributed by atoms with Crippen LogP contribution in [-0.4, -0.2) is 15.4 Å². The molecule has 0 aliphatic carbocycles. The highest BCUT2D eigenvalue weighted by molar-refractivity contribution is 9.21. The maximum atomic E-state index is 4.64. The van der Waals surface area contributed by atoms with Gasteiger partial charge in [-0.3, -0.25) is 4.99 Å². The molecule has 0 saturated heterocycles. The molecule has 2 aliphatic rings. The van der Waals surface area contributed by atoms with E-state index in [4.69, 9.17) is 0 Å². The molecule has 116 valence electrons. The summed E-state index contributed by atoms with van der Waals surface area (Å²) in [5, 5.41) is 9.59. The monoisotopic (exact) mass is 358 g/mol. The minimum atomic E-state index is -0.0177. The van der Waals surface area contributed by atoms with Crippen LogP contribution in [0.1, 0.15) is 5.56 Å². The molecule has 0 bridgehead atoms. The van der Waals surface area contributed by atoms with Crippen molar-refractivity contribution < 1.29 is 0 Å². The lowest BCUT2D eigenvalue weighted by Gasteiger charge is -2.06. The highest BCUT2D eigenvalue weighted by atomic mass is 33.5. The summed E-state index contributed by atoms with van der Waals surface area (Å²) in [6, 6.07) is 20.4. The predicted molar refractivity (Wildman–Crippen MR) is 106 cm³/mol. The van der Waals surface area contributed by atoms with Gasteiger partial charge < -0.3 is 10.6 Å². The average Bonchev–Trinajstić information content (AvgIpc) is 3.13. The Bertz CT molecular complexity index is 801. The molecular weight excluding hydrogens is 344 g/mol. The van der Waals surface area contributed by atoms with E-state index in [2.05, 4.69) is 32.8 Å². The fraction of sp³-hybridized carbons (Fsp3) is 0.0625. The van der Waals surface area contributed by atoms with Gasteiger partial charge in [0.05, 0.1) is 6.54 Å². The van der Waals surface area contributed by atoms with Crippen LogP contribution in [0.15, 0.2) is 70.6 Å². The molecule has 0 amide bonds. The molecule has 0 aromatic heterocycles. The largest absolute Gasteiger partial charge is 0.334 e. The van der Waals surface area contributed by atoms with Crippen LogP contribution in [0.3, 0.4) is 0 Å². The standard InChI is InChI=1S/C16H14N4S3/c1-3-7-12(8-4-1)11-17-14-19-16-20-15(22-23(16)21-14)18-13-9-5-2-6-10-13/h1-10H,11H2,(H,17,19)(H,18,20). The van der Waals surface area contributed by atoms with Crippen molar-refractivity contribution >= 4 is 51.3 Å². The average molecular weight is 359 g/mol. The molecule has 4 rings (SSSR count). The molecule has 2 aromatic carbocycles. The van der Waals surface area contributed by atoms with E-state index in [1.165, 1.54) is 5.56 Å². The maximum absolute atomic E-state index is 4.64. The molecule has 2 heterocycles. The van der Waals surface area contributed by atoms with Crippen LogP contribution < -0.4 is 10.6 Å². The first-order valence-electron chi connectivity index (χ1n) is 7.11. The summed E-state index contributed by atoms with van der Waals surface area (Å²) in [6.07, 6.45) is 0. The number of anilines is 1. The Morgan fingerprint density at radius 1 is 1.00 bits per heavy atom. The van der Waals surface area contributed by atoms with E-state index in [1.54, 1.807) is 21.6 Å². The van der Waals surface area contributed by atoms with E-state index in [0.29, 0.717) is 6.54 Å². The van der Waals surface area contributed by atoms with Gasteiger partial charge in [0.2, 0.25) is 0 Å². The predicted octanol–water partition coefficient (Wildman–Crippen LogP) is 4.28. The molecule has 4 nitrogen and oxygen atoms in total. The van der Waals surface area contributed by atoms with Gasteiger partial charge in [-0.15, -0.1) is 0 Å². The van der Waals surface area contributed by atoms with Gasteiger partial charge in [-0.25, -0.2) is 0 Å². The number of benzene rings is 2. The normalized spacial score (nSPS) is 21.0. The van der Waals surface area contributed by atoms with Crippen LogP contribution in [0.25, 0.3) is 0 Å². The molecule has 2 N–H and O–H groups in total. The van der Waals surface area contributed by atoms with Gasteiger partial charge in [0.15, 0.2) is 15.4 Å². The zero-order chi connectivity index (χ0) is 15.5. The SMILES string of the molecule is c1ccc(CN=C2NC3=S(S2)SC(Nc2ccccc2)=N3)cc1. The van der Waals surface area contributed by atoms with Gasteiger partial charge in [0.1, 0.15) is 0 Å². The van der Waals surface area contributed by atoms with Crippen LogP contribution in [-0.2, 0) is 6.54 Å². The number of hydrogen-bond acceptors (Lipinski definition) is 5. The number of amidine groups is 2. The Hall–Kier alpha value is -1.70. The van der Waals surface area contributed by atoms with Crippen molar-refractivity contribution in [2.75, 3.05) is 5.32 Å². The Kier molecular flexibility index (Phi) is 4.41. The summed E-state index contributed by atoms with van der Waals surface area (Å²) in [5.41, 5.74) is 2.28. The summed E-state index contributed by atoms with van der Waals surface area (Å²) in [7, 11) is 3.49. The van der Waals surface area contributed by atoms with Crippen LogP contribution in [0.2, 0.25) is 0 Å². The summed E-state index contributed by atoms with van der Waals surface area (Å²) in [5.74, 6) is 0. The number of nitrogens with one attached hydrogen (secondary N) is 2. The lowest BCUT2D eigenvalue weighted by atomic mass is 10.2. The van der Waals surface area contributed by atoms with Crippen molar-refractivity contribution in [3.8, 4) is 0 Å². The summed E-state index contributed by atoms with van der Waals surface area (Å²) in [4.78, 5) is 9.27. The van der Waals surface area contributed by atoms with Crippen LogP contribution in [0, 0.1) is 0 Å². The van der Waals surface area contributed by atoms with Crippen molar-refractivity contribution in [2.24, 2.45) is 9.98 Å². The zero-order valence-electron chi connectivity index (χ0n) is 12.1. The topological polar surface area (TPSA) is 48.8 Å². The fourth-order valence-electron chi connectivity index (χ4n) is 2.08. The Morgan fingerprint density at radius 3 is 2.48 bits per heavy atom. The summed E-state index contributed by atoms with van der Waals surface area (Å²) in [6.45, 7) is 0.699. The molecule has 2 aliphatic heterocycles. The van der Waals surface area contributed by atoms with Gasteiger partial charge in [-0.1, -0.05) is 48.5 Å². The molecule has 0 spiro atoms. The van der Waals surface area contributed by atoms with Crippen molar-refractivity contribution in [1.82, 2.24) is 5.32 Å². The maximum Gasteiger partial charge on any atom is 0.181 e. The van der Waals surface area contributed by atoms with Crippen LogP contribution in [0.5, 0.6) is 0 Å². The van der Waals surface area contributed by atoms with Gasteiger partial charge in [-0.05, 0) is 47.8 Å². The van der Waals surface area contributed by atoms with Crippen molar-refractivity contribution in [2.45, 2.75) is 6.54 Å². The van der Waals surface area contributed by atoms with E-state index in [1.807, 2.05) is 48.5 Å². The third-order valence-corrected chi connectivity index (χ3v) is 8.74. The second-order valence-corrected chi connectivity index (χ2v) is 10.4. The first kappa shape index (κ1) is 14.9. The molecule has 0 saturated carbocycles. The number of rotatable bonds is 3. The van der Waals surface area contributed by atoms with Gasteiger partial charge in [0, 0.05) is 5.69 Å². The highest BCUT2D eigenvalue weighted by Crippen LogP contribution is 2.51. The minimum absolute atomic E-state index is 0.0177. The number of hydrogen-bond donors (Lipinski definition) is 2. The quantitative estimate of drug-likeness (QED) is 0.635. The van der Waals surface area contributed by atoms with E-state index < -0.39 is 0 Å². The molecule has 23 heavy (non-hydrogen) atoms. The second-order valence-electron chi connectivity index (χ2n) is 4.85. The van der Waals surface area contributed by atoms with Gasteiger partial charge in [-0.2, -0.15) is 4.99 Å². The highest BCUT2D eigenvalue weighted by Gasteiger charge is 2.27. The minimum Gasteiger partial charge on any atom is -0.334 e. The lowest BCUT2D eigenvalue weighted by Crippen LogP contribution is -2.22. The molecular formula is C16H14N4S3. The van der Waals surface area contributed by atoms with E-state index >= 15 is 0 Å². The summed E-state index contributed by atoms with van der Waals surface area (Å²) < 4.78 is 0. The third kappa shape index (κ3) is 3.63.